The number of ether oxygens (including phenoxy) is 1. The Morgan fingerprint density at radius 1 is 1.39 bits per heavy atom. The molecule has 1 aliphatic heterocycles. The van der Waals surface area contributed by atoms with Crippen LogP contribution in [-0.4, -0.2) is 30.9 Å². The summed E-state index contributed by atoms with van der Waals surface area (Å²) in [6, 6.07) is 5.76. The van der Waals surface area contributed by atoms with E-state index >= 15 is 0 Å². The lowest BCUT2D eigenvalue weighted by molar-refractivity contribution is 0.0459. The molecule has 0 saturated carbocycles. The largest absolute Gasteiger partial charge is 0.392 e. The van der Waals surface area contributed by atoms with E-state index in [0.717, 1.165) is 48.8 Å². The van der Waals surface area contributed by atoms with Gasteiger partial charge in [0.25, 0.3) is 0 Å². The molecule has 1 aliphatic rings. The van der Waals surface area contributed by atoms with Gasteiger partial charge in [0.15, 0.2) is 0 Å². The first kappa shape index (κ1) is 13.7. The predicted octanol–water partition coefficient (Wildman–Crippen LogP) is 2.84. The first-order valence-corrected chi connectivity index (χ1v) is 6.88. The molecule has 0 spiro atoms. The molecule has 0 radical (unpaired) electrons. The Labute approximate surface area is 113 Å². The molecule has 0 bridgehead atoms. The zero-order valence-corrected chi connectivity index (χ0v) is 11.5. The third kappa shape index (κ3) is 3.16. The number of nitrogens with zero attached hydrogens (tertiary/aromatic N) is 1. The lowest BCUT2D eigenvalue weighted by Gasteiger charge is -2.34. The highest BCUT2D eigenvalue weighted by Gasteiger charge is 2.20. The number of hydrogen-bond donors (Lipinski definition) is 1. The maximum absolute atomic E-state index is 9.07. The fraction of sp³-hybridized carbons (Fsp3) is 0.571. The van der Waals surface area contributed by atoms with Crippen molar-refractivity contribution in [3.63, 3.8) is 0 Å². The van der Waals surface area contributed by atoms with Gasteiger partial charge in [0.1, 0.15) is 0 Å². The molecule has 1 aromatic rings. The molecule has 0 aliphatic carbocycles. The van der Waals surface area contributed by atoms with E-state index in [9.17, 15) is 0 Å². The molecular formula is C14H20ClNO2. The normalized spacial score (nSPS) is 17.2. The van der Waals surface area contributed by atoms with Crippen LogP contribution in [-0.2, 0) is 11.3 Å². The molecule has 3 nitrogen and oxygen atoms in total. The Morgan fingerprint density at radius 3 is 2.67 bits per heavy atom. The minimum absolute atomic E-state index is 0.0341. The van der Waals surface area contributed by atoms with Crippen LogP contribution >= 0.6 is 11.6 Å². The first-order valence-electron chi connectivity index (χ1n) is 6.50. The molecule has 1 saturated heterocycles. The van der Waals surface area contributed by atoms with Crippen molar-refractivity contribution in [3.8, 4) is 0 Å². The zero-order chi connectivity index (χ0) is 13.0. The lowest BCUT2D eigenvalue weighted by atomic mass is 10.1. The monoisotopic (exact) mass is 269 g/mol. The molecule has 0 unspecified atom stereocenters. The molecule has 0 atom stereocenters. The minimum atomic E-state index is 0.0341. The molecule has 100 valence electrons. The van der Waals surface area contributed by atoms with Gasteiger partial charge in [-0.05, 0) is 37.5 Å². The highest BCUT2D eigenvalue weighted by atomic mass is 35.5. The second-order valence-electron chi connectivity index (χ2n) is 4.59. The number of halogens is 1. The topological polar surface area (TPSA) is 32.7 Å². The van der Waals surface area contributed by atoms with Crippen LogP contribution in [0.2, 0.25) is 5.02 Å². The Hall–Kier alpha value is -0.770. The molecule has 1 fully saturated rings. The summed E-state index contributed by atoms with van der Waals surface area (Å²) in [6.07, 6.45) is 2.49. The summed E-state index contributed by atoms with van der Waals surface area (Å²) >= 11 is 6.26. The van der Waals surface area contributed by atoms with Gasteiger partial charge in [-0.3, -0.25) is 0 Å². The van der Waals surface area contributed by atoms with Crippen LogP contribution in [0.3, 0.4) is 0 Å². The molecule has 18 heavy (non-hydrogen) atoms. The second kappa shape index (κ2) is 6.41. The standard InChI is InChI=1S/C14H20ClNO2/c1-2-18-12-5-7-16(8-6-12)14-4-3-11(10-17)9-13(14)15/h3-4,9,12,17H,2,5-8,10H2,1H3. The summed E-state index contributed by atoms with van der Waals surface area (Å²) in [5, 5.41) is 9.79. The van der Waals surface area contributed by atoms with Crippen molar-refractivity contribution < 1.29 is 9.84 Å². The third-order valence-corrected chi connectivity index (χ3v) is 3.68. The van der Waals surface area contributed by atoms with Crippen molar-refractivity contribution in [1.82, 2.24) is 0 Å². The van der Waals surface area contributed by atoms with Gasteiger partial charge >= 0.3 is 0 Å². The van der Waals surface area contributed by atoms with E-state index in [1.54, 1.807) is 0 Å². The van der Waals surface area contributed by atoms with Crippen molar-refractivity contribution in [2.75, 3.05) is 24.6 Å². The van der Waals surface area contributed by atoms with Gasteiger partial charge in [0.2, 0.25) is 0 Å². The summed E-state index contributed by atoms with van der Waals surface area (Å²) in [6.45, 7) is 4.81. The molecule has 0 aromatic heterocycles. The van der Waals surface area contributed by atoms with Gasteiger partial charge in [-0.15, -0.1) is 0 Å². The van der Waals surface area contributed by atoms with E-state index in [2.05, 4.69) is 4.90 Å². The maximum Gasteiger partial charge on any atom is 0.0682 e. The summed E-state index contributed by atoms with van der Waals surface area (Å²) in [5.74, 6) is 0. The second-order valence-corrected chi connectivity index (χ2v) is 4.99. The van der Waals surface area contributed by atoms with Gasteiger partial charge in [-0.1, -0.05) is 17.7 Å². The summed E-state index contributed by atoms with van der Waals surface area (Å²) in [4.78, 5) is 2.29. The molecule has 1 N–H and O–H groups in total. The average Bonchev–Trinajstić information content (AvgIpc) is 2.40. The van der Waals surface area contributed by atoms with Crippen LogP contribution in [0.15, 0.2) is 18.2 Å². The summed E-state index contributed by atoms with van der Waals surface area (Å²) < 4.78 is 5.64. The molecule has 0 amide bonds. The Kier molecular flexibility index (Phi) is 4.87. The SMILES string of the molecule is CCOC1CCN(c2ccc(CO)cc2Cl)CC1. The highest BCUT2D eigenvalue weighted by molar-refractivity contribution is 6.33. The van der Waals surface area contributed by atoms with Crippen LogP contribution < -0.4 is 4.90 Å². The van der Waals surface area contributed by atoms with Gasteiger partial charge in [0, 0.05) is 19.7 Å². The van der Waals surface area contributed by atoms with Crippen molar-refractivity contribution in [3.05, 3.63) is 28.8 Å². The number of aliphatic hydroxyl groups excluding tert-OH is 1. The van der Waals surface area contributed by atoms with E-state index < -0.39 is 0 Å². The smallest absolute Gasteiger partial charge is 0.0682 e. The molecular weight excluding hydrogens is 250 g/mol. The van der Waals surface area contributed by atoms with Crippen molar-refractivity contribution in [1.29, 1.82) is 0 Å². The lowest BCUT2D eigenvalue weighted by Crippen LogP contribution is -2.37. The fourth-order valence-electron chi connectivity index (χ4n) is 2.40. The quantitative estimate of drug-likeness (QED) is 0.912. The van der Waals surface area contributed by atoms with E-state index in [1.807, 2.05) is 25.1 Å². The number of hydrogen-bond acceptors (Lipinski definition) is 3. The van der Waals surface area contributed by atoms with Gasteiger partial charge in [-0.2, -0.15) is 0 Å². The number of piperidine rings is 1. The zero-order valence-electron chi connectivity index (χ0n) is 10.7. The summed E-state index contributed by atoms with van der Waals surface area (Å²) in [5.41, 5.74) is 1.91. The third-order valence-electron chi connectivity index (χ3n) is 3.38. The summed E-state index contributed by atoms with van der Waals surface area (Å²) in [7, 11) is 0. The number of rotatable bonds is 4. The van der Waals surface area contributed by atoms with Crippen LogP contribution in [0.5, 0.6) is 0 Å². The van der Waals surface area contributed by atoms with E-state index in [0.29, 0.717) is 6.10 Å². The van der Waals surface area contributed by atoms with Gasteiger partial charge in [-0.25, -0.2) is 0 Å². The fourth-order valence-corrected chi connectivity index (χ4v) is 2.73. The highest BCUT2D eigenvalue weighted by Crippen LogP contribution is 2.29. The Balaban J connectivity index is 2.01. The predicted molar refractivity (Wildman–Crippen MR) is 74.2 cm³/mol. The molecule has 1 heterocycles. The molecule has 2 rings (SSSR count). The Bertz CT molecular complexity index is 389. The van der Waals surface area contributed by atoms with Crippen molar-refractivity contribution in [2.45, 2.75) is 32.5 Å². The van der Waals surface area contributed by atoms with Crippen LogP contribution in [0.4, 0.5) is 5.69 Å². The van der Waals surface area contributed by atoms with Crippen LogP contribution in [0.25, 0.3) is 0 Å². The van der Waals surface area contributed by atoms with Gasteiger partial charge < -0.3 is 14.7 Å². The van der Waals surface area contributed by atoms with Crippen molar-refractivity contribution >= 4 is 17.3 Å². The van der Waals surface area contributed by atoms with E-state index in [1.165, 1.54) is 0 Å². The van der Waals surface area contributed by atoms with E-state index in [4.69, 9.17) is 21.4 Å². The maximum atomic E-state index is 9.07. The number of anilines is 1. The molecule has 1 aromatic carbocycles. The van der Waals surface area contributed by atoms with Crippen LogP contribution in [0, 0.1) is 0 Å². The minimum Gasteiger partial charge on any atom is -0.392 e. The van der Waals surface area contributed by atoms with Crippen molar-refractivity contribution in [2.24, 2.45) is 0 Å². The molecule has 4 heteroatoms. The Morgan fingerprint density at radius 2 is 2.11 bits per heavy atom. The number of benzene rings is 1. The van der Waals surface area contributed by atoms with Gasteiger partial charge in [0.05, 0.1) is 23.4 Å². The average molecular weight is 270 g/mol. The van der Waals surface area contributed by atoms with Crippen LogP contribution in [0.1, 0.15) is 25.3 Å². The van der Waals surface area contributed by atoms with E-state index in [-0.39, 0.29) is 6.61 Å². The first-order chi connectivity index (χ1) is 8.74. The number of aliphatic hydroxyl groups is 1.